The molecule has 0 bridgehead atoms. The molecule has 3 aromatic rings. The molecule has 0 atom stereocenters. The average molecular weight is 436 g/mol. The van der Waals surface area contributed by atoms with E-state index in [1.807, 2.05) is 35.8 Å². The molecule has 1 amide bonds. The fraction of sp³-hybridized carbons (Fsp3) is 0.278. The molecule has 0 unspecified atom stereocenters. The molecule has 3 rings (SSSR count). The van der Waals surface area contributed by atoms with Crippen LogP contribution in [0.15, 0.2) is 34.1 Å². The van der Waals surface area contributed by atoms with Crippen molar-refractivity contribution in [2.75, 3.05) is 11.9 Å². The van der Waals surface area contributed by atoms with Gasteiger partial charge >= 0.3 is 5.97 Å². The predicted molar refractivity (Wildman–Crippen MR) is 105 cm³/mol. The molecule has 1 aromatic carbocycles. The molecule has 2 heterocycles. The molecule has 0 aliphatic heterocycles. The van der Waals surface area contributed by atoms with Crippen molar-refractivity contribution in [2.24, 2.45) is 0 Å². The smallest absolute Gasteiger partial charge is 0.311 e. The van der Waals surface area contributed by atoms with Gasteiger partial charge in [-0.2, -0.15) is 0 Å². The zero-order valence-corrected chi connectivity index (χ0v) is 16.8. The van der Waals surface area contributed by atoms with Crippen LogP contribution in [-0.4, -0.2) is 28.0 Å². The number of nitrogens with one attached hydrogen (secondary N) is 1. The number of carbonyl (C=O) groups is 2. The minimum absolute atomic E-state index is 0.106. The first kappa shape index (κ1) is 18.6. The summed E-state index contributed by atoms with van der Waals surface area (Å²) in [7, 11) is 0. The van der Waals surface area contributed by atoms with Crippen molar-refractivity contribution >= 4 is 55.2 Å². The number of thiazole rings is 1. The third-order valence-electron chi connectivity index (χ3n) is 3.88. The summed E-state index contributed by atoms with van der Waals surface area (Å²) < 4.78 is 7.85. The number of benzene rings is 1. The van der Waals surface area contributed by atoms with E-state index in [0.29, 0.717) is 17.4 Å². The Bertz CT molecular complexity index is 964. The number of hydrogen-bond acceptors (Lipinski definition) is 5. The van der Waals surface area contributed by atoms with Crippen molar-refractivity contribution < 1.29 is 14.3 Å². The maximum Gasteiger partial charge on any atom is 0.311 e. The summed E-state index contributed by atoms with van der Waals surface area (Å²) in [6.45, 7) is 4.26. The van der Waals surface area contributed by atoms with Crippen LogP contribution in [0.2, 0.25) is 0 Å². The lowest BCUT2D eigenvalue weighted by atomic mass is 10.2. The largest absolute Gasteiger partial charge is 0.466 e. The summed E-state index contributed by atoms with van der Waals surface area (Å²) >= 11 is 4.88. The number of anilines is 1. The molecule has 1 N–H and O–H groups in total. The summed E-state index contributed by atoms with van der Waals surface area (Å²) in [5.41, 5.74) is 2.58. The molecule has 0 fully saturated rings. The van der Waals surface area contributed by atoms with Gasteiger partial charge in [0.1, 0.15) is 6.54 Å². The highest BCUT2D eigenvalue weighted by Gasteiger charge is 2.15. The second kappa shape index (κ2) is 8.01. The van der Waals surface area contributed by atoms with Gasteiger partial charge in [-0.15, -0.1) is 11.3 Å². The number of para-hydroxylation sites is 1. The van der Waals surface area contributed by atoms with Crippen LogP contribution >= 0.6 is 27.3 Å². The van der Waals surface area contributed by atoms with Crippen molar-refractivity contribution in [1.82, 2.24) is 9.55 Å². The minimum atomic E-state index is -0.324. The summed E-state index contributed by atoms with van der Waals surface area (Å²) in [6.07, 6.45) is 0.106. The number of amides is 1. The van der Waals surface area contributed by atoms with E-state index in [1.54, 1.807) is 12.3 Å². The first-order chi connectivity index (χ1) is 12.5. The summed E-state index contributed by atoms with van der Waals surface area (Å²) in [5, 5.41) is 6.09. The SMILES string of the molecule is CCOC(=O)Cc1csc(NC(=O)Cn2c(C)c(Br)c3ccccc32)n1. The molecular formula is C18H18BrN3O3S. The fourth-order valence-electron chi connectivity index (χ4n) is 2.70. The first-order valence-electron chi connectivity index (χ1n) is 8.12. The minimum Gasteiger partial charge on any atom is -0.466 e. The van der Waals surface area contributed by atoms with E-state index in [4.69, 9.17) is 4.74 Å². The molecule has 0 aliphatic rings. The number of ether oxygens (including phenoxy) is 1. The van der Waals surface area contributed by atoms with Crippen LogP contribution < -0.4 is 5.32 Å². The lowest BCUT2D eigenvalue weighted by molar-refractivity contribution is -0.142. The van der Waals surface area contributed by atoms with Crippen molar-refractivity contribution in [2.45, 2.75) is 26.8 Å². The maximum absolute atomic E-state index is 12.4. The normalized spacial score (nSPS) is 10.9. The van der Waals surface area contributed by atoms with Gasteiger partial charge in [0, 0.05) is 26.4 Å². The zero-order chi connectivity index (χ0) is 18.7. The van der Waals surface area contributed by atoms with Gasteiger partial charge in [0.25, 0.3) is 0 Å². The van der Waals surface area contributed by atoms with Crippen molar-refractivity contribution in [3.8, 4) is 0 Å². The number of esters is 1. The highest BCUT2D eigenvalue weighted by molar-refractivity contribution is 9.10. The van der Waals surface area contributed by atoms with Crippen LogP contribution in [-0.2, 0) is 27.3 Å². The Labute approximate surface area is 163 Å². The van der Waals surface area contributed by atoms with Crippen molar-refractivity contribution in [1.29, 1.82) is 0 Å². The third kappa shape index (κ3) is 3.96. The Morgan fingerprint density at radius 2 is 2.12 bits per heavy atom. The summed E-state index contributed by atoms with van der Waals surface area (Å²) in [4.78, 5) is 28.2. The van der Waals surface area contributed by atoms with Crippen LogP contribution in [0.5, 0.6) is 0 Å². The second-order valence-electron chi connectivity index (χ2n) is 5.68. The Balaban J connectivity index is 1.70. The Morgan fingerprint density at radius 3 is 2.88 bits per heavy atom. The highest BCUT2D eigenvalue weighted by Crippen LogP contribution is 2.30. The number of aromatic nitrogens is 2. The van der Waals surface area contributed by atoms with Crippen LogP contribution in [0.1, 0.15) is 18.3 Å². The van der Waals surface area contributed by atoms with Crippen LogP contribution in [0.4, 0.5) is 5.13 Å². The van der Waals surface area contributed by atoms with E-state index in [0.717, 1.165) is 21.1 Å². The number of rotatable bonds is 6. The molecule has 136 valence electrons. The molecule has 0 saturated carbocycles. The molecule has 0 spiro atoms. The third-order valence-corrected chi connectivity index (χ3v) is 5.69. The molecule has 6 nitrogen and oxygen atoms in total. The van der Waals surface area contributed by atoms with Crippen LogP contribution in [0.3, 0.4) is 0 Å². The van der Waals surface area contributed by atoms with Gasteiger partial charge < -0.3 is 14.6 Å². The van der Waals surface area contributed by atoms with Gasteiger partial charge in [-0.1, -0.05) is 18.2 Å². The molecule has 0 radical (unpaired) electrons. The summed E-state index contributed by atoms with van der Waals surface area (Å²) in [5.74, 6) is -0.492. The number of hydrogen-bond donors (Lipinski definition) is 1. The molecular weight excluding hydrogens is 418 g/mol. The number of nitrogens with zero attached hydrogens (tertiary/aromatic N) is 2. The van der Waals surface area contributed by atoms with E-state index >= 15 is 0 Å². The molecule has 0 saturated heterocycles. The van der Waals surface area contributed by atoms with Crippen LogP contribution in [0.25, 0.3) is 10.9 Å². The van der Waals surface area contributed by atoms with E-state index < -0.39 is 0 Å². The zero-order valence-electron chi connectivity index (χ0n) is 14.4. The van der Waals surface area contributed by atoms with Gasteiger partial charge in [0.05, 0.1) is 18.7 Å². The molecule has 8 heteroatoms. The van der Waals surface area contributed by atoms with Crippen molar-refractivity contribution in [3.63, 3.8) is 0 Å². The fourth-order valence-corrected chi connectivity index (χ4v) is 3.98. The van der Waals surface area contributed by atoms with Crippen molar-refractivity contribution in [3.05, 3.63) is 45.5 Å². The van der Waals surface area contributed by atoms with E-state index in [-0.39, 0.29) is 24.8 Å². The van der Waals surface area contributed by atoms with Gasteiger partial charge in [-0.05, 0) is 35.8 Å². The number of halogens is 1. The number of fused-ring (bicyclic) bond motifs is 1. The quantitative estimate of drug-likeness (QED) is 0.595. The topological polar surface area (TPSA) is 73.2 Å². The van der Waals surface area contributed by atoms with E-state index in [1.165, 1.54) is 11.3 Å². The average Bonchev–Trinajstić information content (AvgIpc) is 3.13. The van der Waals surface area contributed by atoms with E-state index in [2.05, 4.69) is 26.2 Å². The summed E-state index contributed by atoms with van der Waals surface area (Å²) in [6, 6.07) is 7.92. The Kier molecular flexibility index (Phi) is 5.73. The lowest BCUT2D eigenvalue weighted by Crippen LogP contribution is -2.19. The van der Waals surface area contributed by atoms with E-state index in [9.17, 15) is 9.59 Å². The monoisotopic (exact) mass is 435 g/mol. The molecule has 2 aromatic heterocycles. The second-order valence-corrected chi connectivity index (χ2v) is 7.33. The molecule has 26 heavy (non-hydrogen) atoms. The van der Waals surface area contributed by atoms with Gasteiger partial charge in [-0.3, -0.25) is 9.59 Å². The lowest BCUT2D eigenvalue weighted by Gasteiger charge is -2.08. The van der Waals surface area contributed by atoms with Gasteiger partial charge in [0.2, 0.25) is 5.91 Å². The van der Waals surface area contributed by atoms with Crippen LogP contribution in [0, 0.1) is 6.92 Å². The predicted octanol–water partition coefficient (Wildman–Crippen LogP) is 3.91. The van der Waals surface area contributed by atoms with Gasteiger partial charge in [-0.25, -0.2) is 4.98 Å². The Hall–Kier alpha value is -2.19. The highest BCUT2D eigenvalue weighted by atomic mass is 79.9. The number of carbonyl (C=O) groups excluding carboxylic acids is 2. The first-order valence-corrected chi connectivity index (χ1v) is 9.80. The van der Waals surface area contributed by atoms with Gasteiger partial charge in [0.15, 0.2) is 5.13 Å². The Morgan fingerprint density at radius 1 is 1.35 bits per heavy atom. The maximum atomic E-state index is 12.4. The molecule has 0 aliphatic carbocycles. The standard InChI is InChI=1S/C18H18BrN3O3S/c1-3-25-16(24)8-12-10-26-18(20-12)21-15(23)9-22-11(2)17(19)13-6-4-5-7-14(13)22/h4-7,10H,3,8-9H2,1-2H3,(H,20,21,23).